The number of aryl methyl sites for hydroxylation is 8. The number of hydrogen-bond acceptors (Lipinski definition) is 8. The average molecular weight is 2410 g/mol. The highest BCUT2D eigenvalue weighted by Gasteiger charge is 2.08. The lowest BCUT2D eigenvalue weighted by Gasteiger charge is -2.13. The van der Waals surface area contributed by atoms with E-state index in [0.29, 0.717) is 0 Å². The maximum Gasteiger partial charge on any atom is 0.168 e. The van der Waals surface area contributed by atoms with Crippen molar-refractivity contribution in [3.63, 3.8) is 0 Å². The van der Waals surface area contributed by atoms with Crippen LogP contribution in [-0.2, 0) is 52.9 Å². The molecule has 2 aliphatic rings. The molecular formula is C128H253I3N8S4+4. The van der Waals surface area contributed by atoms with Crippen LogP contribution in [0.15, 0.2) is 276 Å². The molecule has 4 aromatic heterocycles. The van der Waals surface area contributed by atoms with Gasteiger partial charge < -0.3 is 22.9 Å². The number of nitrogens with zero attached hydrogens (tertiary/aromatic N) is 4. The molecule has 0 amide bonds. The zero-order chi connectivity index (χ0) is 117. The van der Waals surface area contributed by atoms with Crippen LogP contribution in [0.1, 0.15) is 434 Å². The molecule has 4 heterocycles. The number of benzene rings is 4. The molecule has 4 aromatic carbocycles. The zero-order valence-corrected chi connectivity index (χ0v) is 115. The lowest BCUT2D eigenvalue weighted by molar-refractivity contribution is -0.697. The van der Waals surface area contributed by atoms with Gasteiger partial charge in [0, 0.05) is 95.8 Å². The van der Waals surface area contributed by atoms with Gasteiger partial charge in [-0.3, -0.25) is 0 Å². The molecule has 0 fully saturated rings. The van der Waals surface area contributed by atoms with Crippen LogP contribution in [0.2, 0.25) is 0 Å². The Morgan fingerprint density at radius 3 is 0.497 bits per heavy atom. The van der Waals surface area contributed by atoms with Crippen molar-refractivity contribution in [1.29, 1.82) is 0 Å². The smallest absolute Gasteiger partial charge is 0.168 e. The van der Waals surface area contributed by atoms with Gasteiger partial charge in [0.15, 0.2) is 49.6 Å². The van der Waals surface area contributed by atoms with E-state index in [1.165, 1.54) is 134 Å². The van der Waals surface area contributed by atoms with Gasteiger partial charge in [-0.25, -0.2) is 18.3 Å². The number of pyridine rings is 4. The summed E-state index contributed by atoms with van der Waals surface area (Å²) in [5.74, 6) is 4.80. The lowest BCUT2D eigenvalue weighted by Crippen LogP contribution is -2.32. The van der Waals surface area contributed by atoms with Crippen LogP contribution in [-0.4, -0.2) is 43.5 Å². The molecule has 8 nitrogen and oxygen atoms in total. The number of fused-ring (bicyclic) bond motifs is 2. The predicted octanol–water partition coefficient (Wildman–Crippen LogP) is 43.7. The molecule has 0 spiro atoms. The van der Waals surface area contributed by atoms with E-state index in [1.807, 2.05) is 442 Å². The van der Waals surface area contributed by atoms with Gasteiger partial charge in [-0.1, -0.05) is 514 Å². The fraction of sp³-hybridized carbons (Fsp3) is 0.594. The minimum Gasteiger partial charge on any atom is -0.399 e. The number of aromatic nitrogens is 4. The molecule has 143 heavy (non-hydrogen) atoms. The molecule has 8 aromatic rings. The topological polar surface area (TPSA) is 120 Å². The molecule has 0 aliphatic heterocycles. The highest BCUT2D eigenvalue weighted by molar-refractivity contribution is 14.2. The van der Waals surface area contributed by atoms with Gasteiger partial charge in [0.1, 0.15) is 27.2 Å². The van der Waals surface area contributed by atoms with Crippen molar-refractivity contribution in [1.82, 2.24) is 0 Å². The van der Waals surface area contributed by atoms with E-state index in [0.717, 1.165) is 50.4 Å². The van der Waals surface area contributed by atoms with Crippen molar-refractivity contribution in [2.45, 2.75) is 450 Å². The third-order valence-corrected chi connectivity index (χ3v) is 20.9. The number of nitrogens with two attached hydrogens (primary N) is 4. The van der Waals surface area contributed by atoms with Crippen LogP contribution in [0.4, 0.5) is 11.4 Å². The molecule has 15 heteroatoms. The maximum atomic E-state index is 5.36. The number of nitrogen functional groups attached to an aromatic ring is 2. The summed E-state index contributed by atoms with van der Waals surface area (Å²) in [6.07, 6.45) is 32.0. The lowest BCUT2D eigenvalue weighted by atomic mass is 9.92. The van der Waals surface area contributed by atoms with E-state index in [1.54, 1.807) is 22.3 Å². The normalized spacial score (nSPS) is 8.45. The number of anilines is 2. The number of allylic oxidation sites excluding steroid dienone is 8. The second kappa shape index (κ2) is 202. The van der Waals surface area contributed by atoms with Gasteiger partial charge in [0.2, 0.25) is 0 Å². The van der Waals surface area contributed by atoms with E-state index in [2.05, 4.69) is 297 Å². The minimum absolute atomic E-state index is 0.810. The van der Waals surface area contributed by atoms with E-state index in [-0.39, 0.29) is 0 Å². The number of hydrogen-bond donors (Lipinski definition) is 4. The summed E-state index contributed by atoms with van der Waals surface area (Å²) in [5.41, 5.74) is 40.7. The molecule has 0 radical (unpaired) electrons. The van der Waals surface area contributed by atoms with Gasteiger partial charge in [-0.15, -0.1) is 0 Å². The standard InChI is InChI=1S/C16H22N2S2.2C10H12.C6H16N2S2.2C6H8N.2C6H7N.4C6H12.18C2H6.CH2I2.CH3I/c1-3-9-17(10-4-1)13-7-15-19-20-16-8-14-18-11-5-2-6-12-18;2*1-2-6-10-8-4-3-7-9(10)5-1;7-3-1-5-9-10-6-2-4-8;2*1-7-5-3-2-4-6-7;2*7-6-4-2-1-3-5-6;4*1-5(2)6(3)4;18*1-2;2-1-3;1-2/h1-6,9-12H,7-8,13-16H2;2*1-2,5-6H,3-4,7-8H2;1-8H2;2*2-6H,1H3;2*1-5H,7H2;4*1-4H3;18*1-2H3;1H2;1H3/q+2;;;;2*+1;;;;;;;;;;;;;;;;;;;;;;;;;;. The first kappa shape index (κ1) is 193. The number of para-hydroxylation sites is 2. The molecule has 0 saturated heterocycles. The Bertz CT molecular complexity index is 2910. The van der Waals surface area contributed by atoms with E-state index < -0.39 is 0 Å². The van der Waals surface area contributed by atoms with Crippen LogP contribution >= 0.6 is 111 Å². The molecule has 10 rings (SSSR count). The summed E-state index contributed by atoms with van der Waals surface area (Å²) in [6.45, 7) is 110. The number of alkyl halides is 3. The van der Waals surface area contributed by atoms with Crippen molar-refractivity contribution in [3.05, 3.63) is 298 Å². The second-order valence-corrected chi connectivity index (χ2v) is 36.3. The summed E-state index contributed by atoms with van der Waals surface area (Å²) in [5, 5.41) is 0. The highest BCUT2D eigenvalue weighted by Crippen LogP contribution is 2.24. The molecule has 8 N–H and O–H groups in total. The molecule has 0 atom stereocenters. The van der Waals surface area contributed by atoms with Crippen LogP contribution < -0.4 is 41.2 Å². The summed E-state index contributed by atoms with van der Waals surface area (Å²) in [7, 11) is 11.8. The molecule has 0 bridgehead atoms. The maximum absolute atomic E-state index is 5.36. The first-order chi connectivity index (χ1) is 69.4. The van der Waals surface area contributed by atoms with Crippen molar-refractivity contribution in [2.24, 2.45) is 25.6 Å². The van der Waals surface area contributed by atoms with Gasteiger partial charge in [-0.05, 0) is 240 Å². The van der Waals surface area contributed by atoms with E-state index >= 15 is 0 Å². The van der Waals surface area contributed by atoms with Gasteiger partial charge in [0.05, 0.1) is 2.43 Å². The van der Waals surface area contributed by atoms with E-state index in [4.69, 9.17) is 22.9 Å². The Morgan fingerprint density at radius 1 is 0.231 bits per heavy atom. The molecule has 0 unspecified atom stereocenters. The van der Waals surface area contributed by atoms with Crippen molar-refractivity contribution in [2.75, 3.05) is 54.9 Å². The van der Waals surface area contributed by atoms with Crippen LogP contribution in [0.3, 0.4) is 0 Å². The van der Waals surface area contributed by atoms with Gasteiger partial charge in [-0.2, -0.15) is 0 Å². The van der Waals surface area contributed by atoms with Crippen molar-refractivity contribution >= 4 is 122 Å². The summed E-state index contributed by atoms with van der Waals surface area (Å²) in [4.78, 5) is 1.97. The fourth-order valence-electron chi connectivity index (χ4n) is 7.53. The zero-order valence-electron chi connectivity index (χ0n) is 106. The Morgan fingerprint density at radius 2 is 0.371 bits per heavy atom. The third-order valence-electron chi connectivity index (χ3n) is 15.7. The first-order valence-electron chi connectivity index (χ1n) is 55.6. The Labute approximate surface area is 960 Å². The minimum atomic E-state index is 0.810. The number of halogens is 3. The summed E-state index contributed by atoms with van der Waals surface area (Å²) >= 11 is 6.70. The van der Waals surface area contributed by atoms with Crippen LogP contribution in [0.5, 0.6) is 0 Å². The van der Waals surface area contributed by atoms with Crippen molar-refractivity contribution in [3.8, 4) is 0 Å². The van der Waals surface area contributed by atoms with Gasteiger partial charge in [0.25, 0.3) is 0 Å². The van der Waals surface area contributed by atoms with Crippen molar-refractivity contribution < 1.29 is 18.3 Å². The molecule has 2 aliphatic carbocycles. The molecule has 0 saturated carbocycles. The van der Waals surface area contributed by atoms with Crippen LogP contribution in [0, 0.1) is 0 Å². The average Bonchev–Trinajstić information content (AvgIpc) is 0.875. The quantitative estimate of drug-likeness (QED) is 0.0144. The Balaban J connectivity index is -0.0000000547. The molecular weight excluding hydrogens is 2160 g/mol. The second-order valence-electron chi connectivity index (χ2n) is 26.5. The van der Waals surface area contributed by atoms with E-state index in [9.17, 15) is 0 Å². The highest BCUT2D eigenvalue weighted by atomic mass is 127. The monoisotopic (exact) mass is 2410 g/mol. The largest absolute Gasteiger partial charge is 0.399 e. The SMILES string of the molecule is CC.CC.CC.CC.CC.CC.CC.CC.CC.CC.CC.CC.CC.CC.CC.CC.CC.CC.CC(C)=C(C)C.CC(C)=C(C)C.CC(C)=C(C)C.CC(C)=C(C)C.CI.C[n+]1ccccc1.C[n+]1ccccc1.ICI.NCCCSSCCCN.Nc1ccccc1.Nc1ccccc1.c1cc[n+](CCCSSCCC[n+]2ccccc2)cc1.c1ccc2c(c1)CCCC2.c1ccc2c(c1)CCCC2. The van der Waals surface area contributed by atoms with Crippen LogP contribution in [0.25, 0.3) is 0 Å². The Kier molecular flexibility index (Phi) is 273. The van der Waals surface area contributed by atoms with Gasteiger partial charge >= 0.3 is 0 Å². The summed E-state index contributed by atoms with van der Waals surface area (Å²) in [6, 6.07) is 61.0. The number of rotatable bonds is 16. The third kappa shape index (κ3) is 196. The first-order valence-corrected chi connectivity index (χ1v) is 65.8. The summed E-state index contributed by atoms with van der Waals surface area (Å²) < 4.78 is 9.68. The predicted molar refractivity (Wildman–Crippen MR) is 719 cm³/mol. The Hall–Kier alpha value is -4.45. The molecule has 846 valence electrons. The fourth-order valence-corrected chi connectivity index (χ4v) is 11.9.